The molecule has 1 aliphatic carbocycles. The van der Waals surface area contributed by atoms with Gasteiger partial charge in [0.1, 0.15) is 0 Å². The first kappa shape index (κ1) is 16.3. The highest BCUT2D eigenvalue weighted by molar-refractivity contribution is 5.00. The van der Waals surface area contributed by atoms with Gasteiger partial charge in [0.15, 0.2) is 6.29 Å². The molecule has 4 unspecified atom stereocenters. The first-order valence-electron chi connectivity index (χ1n) is 8.19. The van der Waals surface area contributed by atoms with Crippen LogP contribution < -0.4 is 0 Å². The smallest absolute Gasteiger partial charge is 0.158 e. The predicted octanol–water partition coefficient (Wildman–Crippen LogP) is 3.88. The summed E-state index contributed by atoms with van der Waals surface area (Å²) in [4.78, 5) is 0. The van der Waals surface area contributed by atoms with Gasteiger partial charge in [0.05, 0.1) is 17.8 Å². The van der Waals surface area contributed by atoms with Gasteiger partial charge in [-0.3, -0.25) is 0 Å². The van der Waals surface area contributed by atoms with Crippen LogP contribution in [0.1, 0.15) is 73.1 Å². The van der Waals surface area contributed by atoms with Gasteiger partial charge >= 0.3 is 0 Å². The number of aliphatic hydroxyl groups is 1. The van der Waals surface area contributed by atoms with E-state index in [1.807, 2.05) is 6.92 Å². The number of aliphatic hydroxyl groups excluding tert-OH is 1. The van der Waals surface area contributed by atoms with Crippen LogP contribution in [0, 0.1) is 11.3 Å². The van der Waals surface area contributed by atoms with Crippen molar-refractivity contribution < 1.29 is 14.6 Å². The average Bonchev–Trinajstić information content (AvgIpc) is 2.91. The van der Waals surface area contributed by atoms with Gasteiger partial charge in [-0.15, -0.1) is 0 Å². The van der Waals surface area contributed by atoms with E-state index in [4.69, 9.17) is 9.47 Å². The van der Waals surface area contributed by atoms with Crippen LogP contribution in [0.15, 0.2) is 0 Å². The van der Waals surface area contributed by atoms with Gasteiger partial charge in [0, 0.05) is 12.8 Å². The van der Waals surface area contributed by atoms with E-state index >= 15 is 0 Å². The fraction of sp³-hybridized carbons (Fsp3) is 1.00. The Hall–Kier alpha value is -0.120. The maximum Gasteiger partial charge on any atom is 0.158 e. The topological polar surface area (TPSA) is 38.7 Å². The summed E-state index contributed by atoms with van der Waals surface area (Å²) in [6, 6.07) is 0. The normalized spacial score (nSPS) is 32.1. The van der Waals surface area contributed by atoms with Crippen molar-refractivity contribution in [1.29, 1.82) is 0 Å². The molecule has 1 saturated heterocycles. The summed E-state index contributed by atoms with van der Waals surface area (Å²) in [7, 11) is 0. The van der Waals surface area contributed by atoms with Crippen molar-refractivity contribution in [2.75, 3.05) is 0 Å². The lowest BCUT2D eigenvalue weighted by molar-refractivity contribution is -0.262. The van der Waals surface area contributed by atoms with E-state index in [0.717, 1.165) is 32.1 Å². The third-order valence-electron chi connectivity index (χ3n) is 4.29. The largest absolute Gasteiger partial charge is 0.393 e. The Bertz CT molecular complexity index is 315. The zero-order valence-corrected chi connectivity index (χ0v) is 13.8. The van der Waals surface area contributed by atoms with Crippen molar-refractivity contribution >= 4 is 0 Å². The summed E-state index contributed by atoms with van der Waals surface area (Å²) < 4.78 is 12.3. The maximum atomic E-state index is 9.60. The summed E-state index contributed by atoms with van der Waals surface area (Å²) >= 11 is 0. The Morgan fingerprint density at radius 2 is 1.85 bits per heavy atom. The quantitative estimate of drug-likeness (QED) is 0.832. The minimum atomic E-state index is -0.290. The van der Waals surface area contributed by atoms with Crippen molar-refractivity contribution in [3.05, 3.63) is 0 Å². The van der Waals surface area contributed by atoms with Gasteiger partial charge in [-0.25, -0.2) is 0 Å². The Labute approximate surface area is 124 Å². The van der Waals surface area contributed by atoms with Crippen LogP contribution in [0.5, 0.6) is 0 Å². The van der Waals surface area contributed by atoms with E-state index in [2.05, 4.69) is 27.7 Å². The van der Waals surface area contributed by atoms with Gasteiger partial charge in [-0.2, -0.15) is 0 Å². The zero-order valence-electron chi connectivity index (χ0n) is 13.8. The van der Waals surface area contributed by atoms with Crippen LogP contribution in [-0.2, 0) is 9.47 Å². The summed E-state index contributed by atoms with van der Waals surface area (Å²) in [6.45, 7) is 11.0. The Morgan fingerprint density at radius 3 is 2.35 bits per heavy atom. The molecule has 3 heteroatoms. The van der Waals surface area contributed by atoms with Gasteiger partial charge < -0.3 is 14.6 Å². The minimum absolute atomic E-state index is 0.0765. The van der Waals surface area contributed by atoms with Crippen LogP contribution in [0.2, 0.25) is 0 Å². The van der Waals surface area contributed by atoms with Crippen molar-refractivity contribution in [3.63, 3.8) is 0 Å². The SMILES string of the molecule is CC(O)CC1CC2(CC2)OC(CC(C)CC(C)(C)C)O1. The summed E-state index contributed by atoms with van der Waals surface area (Å²) in [5.41, 5.74) is 0.439. The van der Waals surface area contributed by atoms with E-state index in [1.165, 1.54) is 6.42 Å². The monoisotopic (exact) mass is 284 g/mol. The Morgan fingerprint density at radius 1 is 1.20 bits per heavy atom. The molecule has 3 nitrogen and oxygen atoms in total. The molecule has 20 heavy (non-hydrogen) atoms. The first-order chi connectivity index (χ1) is 9.17. The second-order valence-corrected chi connectivity index (χ2v) is 8.38. The molecule has 1 saturated carbocycles. The van der Waals surface area contributed by atoms with Crippen LogP contribution >= 0.6 is 0 Å². The van der Waals surface area contributed by atoms with Crippen molar-refractivity contribution in [1.82, 2.24) is 0 Å². The highest BCUT2D eigenvalue weighted by atomic mass is 16.7. The molecule has 2 aliphatic rings. The molecule has 0 bridgehead atoms. The summed E-state index contributed by atoms with van der Waals surface area (Å²) in [5.74, 6) is 0.598. The lowest BCUT2D eigenvalue weighted by Crippen LogP contribution is -2.41. The van der Waals surface area contributed by atoms with Gasteiger partial charge in [0.2, 0.25) is 0 Å². The second-order valence-electron chi connectivity index (χ2n) is 8.38. The number of ether oxygens (including phenoxy) is 2. The molecule has 1 aliphatic heterocycles. The van der Waals surface area contributed by atoms with E-state index in [0.29, 0.717) is 11.3 Å². The molecule has 1 N–H and O–H groups in total. The Balaban J connectivity index is 1.87. The molecule has 0 amide bonds. The minimum Gasteiger partial charge on any atom is -0.393 e. The third kappa shape index (κ3) is 5.01. The molecule has 1 spiro atoms. The van der Waals surface area contributed by atoms with Crippen molar-refractivity contribution in [2.45, 2.75) is 97.2 Å². The lowest BCUT2D eigenvalue weighted by atomic mass is 9.84. The van der Waals surface area contributed by atoms with Gasteiger partial charge in [-0.05, 0) is 43.9 Å². The number of hydrogen-bond donors (Lipinski definition) is 1. The molecule has 0 aromatic rings. The molecule has 4 atom stereocenters. The molecule has 118 valence electrons. The fourth-order valence-electron chi connectivity index (χ4n) is 3.57. The fourth-order valence-corrected chi connectivity index (χ4v) is 3.57. The van der Waals surface area contributed by atoms with E-state index in [-0.39, 0.29) is 24.1 Å². The van der Waals surface area contributed by atoms with E-state index < -0.39 is 0 Å². The van der Waals surface area contributed by atoms with Gasteiger partial charge in [0.25, 0.3) is 0 Å². The molecule has 0 aromatic heterocycles. The van der Waals surface area contributed by atoms with Crippen LogP contribution in [0.4, 0.5) is 0 Å². The molecule has 1 heterocycles. The number of rotatable bonds is 5. The molecule has 0 aromatic carbocycles. The molecule has 2 rings (SSSR count). The molecular weight excluding hydrogens is 252 g/mol. The van der Waals surface area contributed by atoms with E-state index in [1.54, 1.807) is 0 Å². The molecular formula is C17H32O3. The zero-order chi connectivity index (χ0) is 15.0. The maximum absolute atomic E-state index is 9.60. The number of hydrogen-bond acceptors (Lipinski definition) is 3. The lowest BCUT2D eigenvalue weighted by Gasteiger charge is -2.38. The van der Waals surface area contributed by atoms with Crippen molar-refractivity contribution in [2.24, 2.45) is 11.3 Å². The highest BCUT2D eigenvalue weighted by Gasteiger charge is 2.51. The predicted molar refractivity (Wildman–Crippen MR) is 80.5 cm³/mol. The third-order valence-corrected chi connectivity index (χ3v) is 4.29. The Kier molecular flexibility index (Phi) is 4.83. The van der Waals surface area contributed by atoms with Crippen LogP contribution in [0.25, 0.3) is 0 Å². The summed E-state index contributed by atoms with van der Waals surface area (Å²) in [6.07, 6.45) is 5.97. The van der Waals surface area contributed by atoms with Crippen LogP contribution in [-0.4, -0.2) is 29.2 Å². The average molecular weight is 284 g/mol. The van der Waals surface area contributed by atoms with Crippen molar-refractivity contribution in [3.8, 4) is 0 Å². The molecule has 2 fully saturated rings. The second kappa shape index (κ2) is 5.94. The summed E-state index contributed by atoms with van der Waals surface area (Å²) in [5, 5.41) is 9.60. The van der Waals surface area contributed by atoms with E-state index in [9.17, 15) is 5.11 Å². The van der Waals surface area contributed by atoms with Gasteiger partial charge in [-0.1, -0.05) is 27.7 Å². The van der Waals surface area contributed by atoms with Crippen LogP contribution in [0.3, 0.4) is 0 Å². The first-order valence-corrected chi connectivity index (χ1v) is 8.19. The molecule has 0 radical (unpaired) electrons. The highest BCUT2D eigenvalue weighted by Crippen LogP contribution is 2.49. The standard InChI is InChI=1S/C17H32O3/c1-12(10-16(3,4)5)8-15-19-14(9-13(2)18)11-17(20-15)6-7-17/h12-15,18H,6-11H2,1-5H3.